The topological polar surface area (TPSA) is 63.9 Å². The number of hydrogen-bond acceptors (Lipinski definition) is 5. The summed E-state index contributed by atoms with van der Waals surface area (Å²) in [6.07, 6.45) is 3.99. The lowest BCUT2D eigenvalue weighted by Gasteiger charge is -2.24. The van der Waals surface area contributed by atoms with Gasteiger partial charge in [-0.25, -0.2) is 9.78 Å². The largest absolute Gasteiger partial charge is 0.444 e. The van der Waals surface area contributed by atoms with E-state index in [0.29, 0.717) is 25.4 Å². The summed E-state index contributed by atoms with van der Waals surface area (Å²) in [5, 5.41) is 0. The first kappa shape index (κ1) is 23.5. The van der Waals surface area contributed by atoms with Crippen molar-refractivity contribution in [1.29, 1.82) is 0 Å². The summed E-state index contributed by atoms with van der Waals surface area (Å²) >= 11 is 1.60. The number of fused-ring (bicyclic) bond motifs is 3. The minimum Gasteiger partial charge on any atom is -0.444 e. The number of aromatic nitrogens is 2. The van der Waals surface area contributed by atoms with E-state index in [2.05, 4.69) is 41.8 Å². The third-order valence-corrected chi connectivity index (χ3v) is 7.50. The van der Waals surface area contributed by atoms with Crippen LogP contribution < -0.4 is 0 Å². The molecule has 1 saturated heterocycles. The molecule has 0 spiro atoms. The third kappa shape index (κ3) is 5.10. The van der Waals surface area contributed by atoms with Crippen molar-refractivity contribution in [1.82, 2.24) is 14.3 Å². The molecular weight excluding hydrogens is 458 g/mol. The van der Waals surface area contributed by atoms with Crippen LogP contribution in [-0.2, 0) is 4.74 Å². The number of rotatable bonds is 5. The van der Waals surface area contributed by atoms with Crippen molar-refractivity contribution in [2.75, 3.05) is 13.1 Å². The molecule has 0 N–H and O–H groups in total. The maximum absolute atomic E-state index is 12.9. The molecule has 7 heteroatoms. The third-order valence-electron chi connectivity index (χ3n) is 6.48. The van der Waals surface area contributed by atoms with Crippen LogP contribution in [0.3, 0.4) is 0 Å². The van der Waals surface area contributed by atoms with Crippen molar-refractivity contribution in [3.8, 4) is 11.3 Å². The monoisotopic (exact) mass is 489 g/mol. The SMILES string of the molecule is Cc1ccc(-c2cn3c(n2)sc2cc(C(=O)CC[C@@H]4CCN(C(=O)OC(C)(C)C)C4)ccc23)cc1. The van der Waals surface area contributed by atoms with Crippen molar-refractivity contribution in [3.05, 3.63) is 59.8 Å². The molecule has 0 saturated carbocycles. The average molecular weight is 490 g/mol. The smallest absolute Gasteiger partial charge is 0.410 e. The number of benzene rings is 2. The van der Waals surface area contributed by atoms with E-state index in [9.17, 15) is 9.59 Å². The lowest BCUT2D eigenvalue weighted by molar-refractivity contribution is 0.0288. The molecule has 6 nitrogen and oxygen atoms in total. The quantitative estimate of drug-likeness (QED) is 0.291. The summed E-state index contributed by atoms with van der Waals surface area (Å²) in [7, 11) is 0. The second-order valence-electron chi connectivity index (χ2n) is 10.5. The number of carbonyl (C=O) groups is 2. The first-order valence-electron chi connectivity index (χ1n) is 12.2. The minimum atomic E-state index is -0.491. The summed E-state index contributed by atoms with van der Waals surface area (Å²) in [5.74, 6) is 0.481. The molecule has 1 aliphatic rings. The summed E-state index contributed by atoms with van der Waals surface area (Å²) in [4.78, 5) is 32.7. The van der Waals surface area contributed by atoms with E-state index in [4.69, 9.17) is 9.72 Å². The van der Waals surface area contributed by atoms with E-state index in [0.717, 1.165) is 44.8 Å². The molecule has 3 heterocycles. The number of ketones is 1. The highest BCUT2D eigenvalue weighted by Crippen LogP contribution is 2.31. The molecule has 2 aromatic carbocycles. The van der Waals surface area contributed by atoms with E-state index in [1.807, 2.05) is 39.0 Å². The van der Waals surface area contributed by atoms with Gasteiger partial charge in [-0.15, -0.1) is 0 Å². The minimum absolute atomic E-state index is 0.147. The molecular formula is C28H31N3O3S. The second-order valence-corrected chi connectivity index (χ2v) is 11.5. The standard InChI is InChI=1S/C28H31N3O3S/c1-18-5-8-20(9-6-18)22-17-31-23-11-10-21(15-25(23)35-26(31)29-22)24(32)12-7-19-13-14-30(16-19)27(33)34-28(2,3)4/h5-6,8-11,15,17,19H,7,12-14,16H2,1-4H3/t19-/m1/s1. The first-order chi connectivity index (χ1) is 16.7. The van der Waals surface area contributed by atoms with Crippen molar-refractivity contribution in [2.24, 2.45) is 5.92 Å². The second kappa shape index (κ2) is 9.11. The highest BCUT2D eigenvalue weighted by molar-refractivity contribution is 7.23. The molecule has 0 aliphatic carbocycles. The zero-order valence-corrected chi connectivity index (χ0v) is 21.5. The van der Waals surface area contributed by atoms with Crippen molar-refractivity contribution < 1.29 is 14.3 Å². The number of thiazole rings is 1. The number of likely N-dealkylation sites (tertiary alicyclic amines) is 1. The zero-order valence-electron chi connectivity index (χ0n) is 20.7. The zero-order chi connectivity index (χ0) is 24.7. The van der Waals surface area contributed by atoms with Crippen LogP contribution in [0.4, 0.5) is 4.79 Å². The molecule has 5 rings (SSSR count). The molecule has 0 unspecified atom stereocenters. The molecule has 1 aliphatic heterocycles. The predicted octanol–water partition coefficient (Wildman–Crippen LogP) is 6.74. The number of nitrogens with zero attached hydrogens (tertiary/aromatic N) is 3. The van der Waals surface area contributed by atoms with Gasteiger partial charge in [0.2, 0.25) is 0 Å². The van der Waals surface area contributed by atoms with Gasteiger partial charge in [-0.05, 0) is 64.7 Å². The maximum atomic E-state index is 12.9. The van der Waals surface area contributed by atoms with Crippen LogP contribution in [0.5, 0.6) is 0 Å². The summed E-state index contributed by atoms with van der Waals surface area (Å²) in [6.45, 7) is 9.06. The molecule has 1 atom stereocenters. The normalized spacial score (nSPS) is 16.3. The molecule has 4 aromatic rings. The summed E-state index contributed by atoms with van der Waals surface area (Å²) in [5.41, 5.74) is 4.60. The Hall–Kier alpha value is -3.19. The van der Waals surface area contributed by atoms with Gasteiger partial charge in [0, 0.05) is 36.8 Å². The van der Waals surface area contributed by atoms with Crippen LogP contribution in [0.25, 0.3) is 26.4 Å². The van der Waals surface area contributed by atoms with Gasteiger partial charge in [0.25, 0.3) is 0 Å². The highest BCUT2D eigenvalue weighted by Gasteiger charge is 2.30. The number of amides is 1. The van der Waals surface area contributed by atoms with Crippen LogP contribution >= 0.6 is 11.3 Å². The van der Waals surface area contributed by atoms with Crippen molar-refractivity contribution >= 4 is 38.4 Å². The van der Waals surface area contributed by atoms with E-state index in [1.54, 1.807) is 16.2 Å². The molecule has 0 bridgehead atoms. The van der Waals surface area contributed by atoms with Crippen LogP contribution in [0.2, 0.25) is 0 Å². The summed E-state index contributed by atoms with van der Waals surface area (Å²) < 4.78 is 8.64. The Bertz CT molecular complexity index is 1390. The Balaban J connectivity index is 1.23. The number of aryl methyl sites for hydroxylation is 1. The molecule has 182 valence electrons. The molecule has 1 fully saturated rings. The van der Waals surface area contributed by atoms with Gasteiger partial charge in [0.1, 0.15) is 5.60 Å². The van der Waals surface area contributed by atoms with Gasteiger partial charge in [-0.2, -0.15) is 0 Å². The first-order valence-corrected chi connectivity index (χ1v) is 13.0. The van der Waals surface area contributed by atoms with Crippen molar-refractivity contribution in [3.63, 3.8) is 0 Å². The van der Waals surface area contributed by atoms with Gasteiger partial charge in [0.05, 0.1) is 15.9 Å². The lowest BCUT2D eigenvalue weighted by atomic mass is 9.98. The fourth-order valence-electron chi connectivity index (χ4n) is 4.58. The molecule has 0 radical (unpaired) electrons. The molecule has 1 amide bonds. The van der Waals surface area contributed by atoms with E-state index < -0.39 is 5.60 Å². The van der Waals surface area contributed by atoms with Crippen molar-refractivity contribution in [2.45, 2.75) is 52.6 Å². The van der Waals surface area contributed by atoms with Crippen LogP contribution in [0.1, 0.15) is 56.0 Å². The number of ether oxygens (including phenoxy) is 1. The molecule has 2 aromatic heterocycles. The Morgan fingerprint density at radius 2 is 1.91 bits per heavy atom. The van der Waals surface area contributed by atoms with Gasteiger partial charge in [-0.1, -0.05) is 41.2 Å². The van der Waals surface area contributed by atoms with Gasteiger partial charge >= 0.3 is 6.09 Å². The predicted molar refractivity (Wildman–Crippen MR) is 140 cm³/mol. The Morgan fingerprint density at radius 1 is 1.14 bits per heavy atom. The van der Waals surface area contributed by atoms with Crippen LogP contribution in [0.15, 0.2) is 48.7 Å². The van der Waals surface area contributed by atoms with Crippen LogP contribution in [-0.4, -0.2) is 44.9 Å². The van der Waals surface area contributed by atoms with Gasteiger partial charge in [-0.3, -0.25) is 9.20 Å². The van der Waals surface area contributed by atoms with Crippen LogP contribution in [0, 0.1) is 12.8 Å². The number of hydrogen-bond donors (Lipinski definition) is 0. The maximum Gasteiger partial charge on any atom is 0.410 e. The van der Waals surface area contributed by atoms with E-state index >= 15 is 0 Å². The van der Waals surface area contributed by atoms with E-state index in [1.165, 1.54) is 5.56 Å². The average Bonchev–Trinajstić information content (AvgIpc) is 3.51. The number of Topliss-reactive ketones (excluding diaryl/α,β-unsaturated/α-hetero) is 1. The lowest BCUT2D eigenvalue weighted by Crippen LogP contribution is -2.35. The Morgan fingerprint density at radius 3 is 2.66 bits per heavy atom. The highest BCUT2D eigenvalue weighted by atomic mass is 32.1. The van der Waals surface area contributed by atoms with E-state index in [-0.39, 0.29) is 11.9 Å². The fourth-order valence-corrected chi connectivity index (χ4v) is 5.63. The Kier molecular flexibility index (Phi) is 6.13. The number of carbonyl (C=O) groups excluding carboxylic acids is 2. The Labute approximate surface area is 209 Å². The summed E-state index contributed by atoms with van der Waals surface area (Å²) in [6, 6.07) is 14.3. The fraction of sp³-hybridized carbons (Fsp3) is 0.393. The van der Waals surface area contributed by atoms with Gasteiger partial charge in [0.15, 0.2) is 10.7 Å². The van der Waals surface area contributed by atoms with Gasteiger partial charge < -0.3 is 9.64 Å². The molecule has 35 heavy (non-hydrogen) atoms. The number of imidazole rings is 1.